The Hall–Kier alpha value is -3.13. The molecule has 0 heterocycles. The van der Waals surface area contributed by atoms with Gasteiger partial charge in [0.25, 0.3) is 22.2 Å². The highest BCUT2D eigenvalue weighted by molar-refractivity contribution is 8.14. The van der Waals surface area contributed by atoms with Gasteiger partial charge in [-0.15, -0.1) is 0 Å². The van der Waals surface area contributed by atoms with E-state index >= 15 is 0 Å². The lowest BCUT2D eigenvalue weighted by Crippen LogP contribution is -2.12. The van der Waals surface area contributed by atoms with Crippen molar-refractivity contribution < 1.29 is 22.5 Å². The SMILES string of the molecule is C=S(CCO)c1cccc(N/C(C)=N/C(=Nc2ccc(S(=O)(=O)O)c(N)c2)/N=C(\N)F)c1.CCC.CCC. The molecule has 7 N–H and O–H groups in total. The van der Waals surface area contributed by atoms with Gasteiger partial charge in [0.05, 0.1) is 18.0 Å². The number of nitrogens with zero attached hydrogens (tertiary/aromatic N) is 3. The lowest BCUT2D eigenvalue weighted by atomic mass is 10.3. The third kappa shape index (κ3) is 14.0. The summed E-state index contributed by atoms with van der Waals surface area (Å²) >= 11 is 0. The number of nitrogens with one attached hydrogen (secondary N) is 1. The van der Waals surface area contributed by atoms with Gasteiger partial charge in [-0.1, -0.05) is 52.5 Å². The minimum Gasteiger partial charge on any atom is -0.398 e. The van der Waals surface area contributed by atoms with Crippen LogP contribution in [0.2, 0.25) is 0 Å². The van der Waals surface area contributed by atoms with Crippen LogP contribution in [0.15, 0.2) is 67.2 Å². The van der Waals surface area contributed by atoms with Crippen LogP contribution in [0.1, 0.15) is 47.5 Å². The van der Waals surface area contributed by atoms with Crippen LogP contribution in [0.4, 0.5) is 21.5 Å². The molecule has 1 unspecified atom stereocenters. The third-order valence-electron chi connectivity index (χ3n) is 3.81. The quantitative estimate of drug-likeness (QED) is 0.0791. The van der Waals surface area contributed by atoms with Crippen LogP contribution in [0, 0.1) is 0 Å². The first-order valence-electron chi connectivity index (χ1n) is 11.8. The summed E-state index contributed by atoms with van der Waals surface area (Å²) in [5.41, 5.74) is 11.2. The molecule has 0 bridgehead atoms. The minimum atomic E-state index is -4.50. The molecule has 0 saturated carbocycles. The summed E-state index contributed by atoms with van der Waals surface area (Å²) in [6.07, 6.45) is 1.22. The topological polar surface area (TPSA) is 176 Å². The highest BCUT2D eigenvalue weighted by Gasteiger charge is 2.14. The Labute approximate surface area is 227 Å². The Balaban J connectivity index is 0.00000208. The van der Waals surface area contributed by atoms with Crippen LogP contribution in [0.5, 0.6) is 0 Å². The molecule has 1 atom stereocenters. The zero-order chi connectivity index (χ0) is 29.3. The van der Waals surface area contributed by atoms with Crippen molar-refractivity contribution in [1.82, 2.24) is 0 Å². The van der Waals surface area contributed by atoms with Crippen molar-refractivity contribution in [2.45, 2.75) is 57.3 Å². The maximum atomic E-state index is 13.2. The smallest absolute Gasteiger partial charge is 0.296 e. The molecule has 0 spiro atoms. The lowest BCUT2D eigenvalue weighted by molar-refractivity contribution is 0.322. The number of amidine groups is 2. The van der Waals surface area contributed by atoms with Gasteiger partial charge in [-0.25, -0.2) is 4.99 Å². The van der Waals surface area contributed by atoms with Gasteiger partial charge in [0.1, 0.15) is 10.7 Å². The van der Waals surface area contributed by atoms with Crippen molar-refractivity contribution in [2.24, 2.45) is 20.7 Å². The number of nitrogens with two attached hydrogens (primary N) is 2. The molecule has 0 aromatic heterocycles. The minimum absolute atomic E-state index is 0.0307. The lowest BCUT2D eigenvalue weighted by Gasteiger charge is -2.10. The first kappa shape index (κ1) is 34.9. The number of hydrogen-bond donors (Lipinski definition) is 5. The van der Waals surface area contributed by atoms with E-state index in [-0.39, 0.29) is 34.4 Å². The standard InChI is InChI=1S/C19H23FN6O4S2.2C3H8/c1-12(23-13-4-3-5-15(10-13)31(2)9-8-27)24-19(26-18(20)22)25-14-6-7-17(16(21)11-14)32(28,29)30;2*1-3-2/h3-7,10-11,27H,2,8-9,21H2,1H3,(H,28,29,30)(H3,22,23,24,25,26);2*3H2,1-2H3. The molecule has 0 aliphatic rings. The van der Waals surface area contributed by atoms with Crippen LogP contribution in [-0.4, -0.2) is 54.2 Å². The summed E-state index contributed by atoms with van der Waals surface area (Å²) in [6.45, 7) is 10.1. The molecule has 38 heavy (non-hydrogen) atoms. The Morgan fingerprint density at radius 2 is 1.71 bits per heavy atom. The Morgan fingerprint density at radius 1 is 1.11 bits per heavy atom. The molecular formula is C25H39FN6O4S2. The maximum Gasteiger partial charge on any atom is 0.296 e. The van der Waals surface area contributed by atoms with Gasteiger partial charge in [-0.05, 0) is 43.3 Å². The van der Waals surface area contributed by atoms with Crippen molar-refractivity contribution in [3.05, 3.63) is 42.5 Å². The molecule has 212 valence electrons. The van der Waals surface area contributed by atoms with Gasteiger partial charge in [0, 0.05) is 16.3 Å². The number of aliphatic hydroxyl groups is 1. The summed E-state index contributed by atoms with van der Waals surface area (Å²) in [4.78, 5) is 12.0. The van der Waals surface area contributed by atoms with Gasteiger partial charge < -0.3 is 21.9 Å². The summed E-state index contributed by atoms with van der Waals surface area (Å²) in [7, 11) is -4.88. The van der Waals surface area contributed by atoms with Gasteiger partial charge in [0.15, 0.2) is 0 Å². The third-order valence-corrected chi connectivity index (χ3v) is 6.33. The fraction of sp³-hybridized carbons (Fsp3) is 0.360. The number of anilines is 2. The van der Waals surface area contributed by atoms with E-state index in [2.05, 4.69) is 53.9 Å². The molecule has 0 amide bonds. The first-order valence-corrected chi connectivity index (χ1v) is 14.8. The molecule has 0 radical (unpaired) electrons. The number of halogens is 1. The largest absolute Gasteiger partial charge is 0.398 e. The monoisotopic (exact) mass is 570 g/mol. The van der Waals surface area contributed by atoms with Gasteiger partial charge in [-0.3, -0.25) is 4.55 Å². The van der Waals surface area contributed by atoms with Crippen molar-refractivity contribution in [3.63, 3.8) is 0 Å². The number of guanidine groups is 1. The van der Waals surface area contributed by atoms with E-state index in [1.807, 2.05) is 18.2 Å². The second-order valence-electron chi connectivity index (χ2n) is 7.73. The summed E-state index contributed by atoms with van der Waals surface area (Å²) in [5, 5.41) is 12.1. The van der Waals surface area contributed by atoms with Crippen molar-refractivity contribution in [2.75, 3.05) is 23.4 Å². The van der Waals surface area contributed by atoms with Gasteiger partial charge in [0.2, 0.25) is 0 Å². The fourth-order valence-electron chi connectivity index (χ4n) is 2.49. The Bertz CT molecular complexity index is 1240. The molecule has 2 aromatic carbocycles. The first-order chi connectivity index (χ1) is 17.8. The van der Waals surface area contributed by atoms with Crippen LogP contribution >= 0.6 is 10.5 Å². The van der Waals surface area contributed by atoms with E-state index in [1.165, 1.54) is 18.9 Å². The molecule has 0 aliphatic heterocycles. The highest BCUT2D eigenvalue weighted by Crippen LogP contribution is 2.27. The zero-order valence-electron chi connectivity index (χ0n) is 22.5. The highest BCUT2D eigenvalue weighted by atomic mass is 32.2. The van der Waals surface area contributed by atoms with Gasteiger partial charge in [-0.2, -0.15) is 33.3 Å². The van der Waals surface area contributed by atoms with E-state index in [4.69, 9.17) is 21.1 Å². The molecule has 2 rings (SSSR count). The predicted molar refractivity (Wildman–Crippen MR) is 161 cm³/mol. The van der Waals surface area contributed by atoms with Crippen molar-refractivity contribution >= 4 is 61.4 Å². The molecule has 0 aliphatic carbocycles. The van der Waals surface area contributed by atoms with Crippen LogP contribution in [0.25, 0.3) is 0 Å². The fourth-order valence-corrected chi connectivity index (χ4v) is 4.11. The number of aliphatic hydroxyl groups excluding tert-OH is 1. The average Bonchev–Trinajstić information content (AvgIpc) is 2.79. The second kappa shape index (κ2) is 18.2. The zero-order valence-corrected chi connectivity index (χ0v) is 24.1. The summed E-state index contributed by atoms with van der Waals surface area (Å²) in [5.74, 6) is 4.51. The molecule has 0 saturated heterocycles. The van der Waals surface area contributed by atoms with E-state index < -0.39 is 21.1 Å². The van der Waals surface area contributed by atoms with Gasteiger partial charge >= 0.3 is 0 Å². The molecular weight excluding hydrogens is 531 g/mol. The van der Waals surface area contributed by atoms with E-state index in [1.54, 1.807) is 13.0 Å². The summed E-state index contributed by atoms with van der Waals surface area (Å²) < 4.78 is 44.9. The second-order valence-corrected chi connectivity index (χ2v) is 11.0. The normalized spacial score (nSPS) is 13.0. The van der Waals surface area contributed by atoms with Crippen molar-refractivity contribution in [1.29, 1.82) is 0 Å². The molecule has 10 nitrogen and oxygen atoms in total. The Kier molecular flexibility index (Phi) is 16.7. The average molecular weight is 571 g/mol. The number of hydrogen-bond acceptors (Lipinski definition) is 5. The van der Waals surface area contributed by atoms with Crippen LogP contribution in [0.3, 0.4) is 0 Å². The number of aliphatic imine (C=N–C) groups is 3. The van der Waals surface area contributed by atoms with E-state index in [0.29, 0.717) is 17.3 Å². The Morgan fingerprint density at radius 3 is 2.21 bits per heavy atom. The maximum absolute atomic E-state index is 13.2. The van der Waals surface area contributed by atoms with Crippen LogP contribution < -0.4 is 16.8 Å². The van der Waals surface area contributed by atoms with E-state index in [0.717, 1.165) is 17.0 Å². The molecule has 2 aromatic rings. The van der Waals surface area contributed by atoms with Crippen molar-refractivity contribution in [3.8, 4) is 0 Å². The predicted octanol–water partition coefficient (Wildman–Crippen LogP) is 5.20. The number of rotatable bonds is 6. The van der Waals surface area contributed by atoms with Crippen LogP contribution in [-0.2, 0) is 10.1 Å². The molecule has 0 fully saturated rings. The number of nitrogen functional groups attached to an aromatic ring is 1. The molecule has 13 heteroatoms. The summed E-state index contributed by atoms with van der Waals surface area (Å²) in [6, 6.07) is 10.8. The van der Waals surface area contributed by atoms with E-state index in [9.17, 15) is 12.8 Å². The number of benzene rings is 2.